The van der Waals surface area contributed by atoms with Gasteiger partial charge in [0.1, 0.15) is 11.9 Å². The monoisotopic (exact) mass is 723 g/mol. The highest BCUT2D eigenvalue weighted by atomic mass is 32.2. The van der Waals surface area contributed by atoms with Crippen molar-refractivity contribution in [2.75, 3.05) is 19.8 Å². The van der Waals surface area contributed by atoms with Crippen LogP contribution in [0.5, 0.6) is 0 Å². The fourth-order valence-electron chi connectivity index (χ4n) is 7.64. The van der Waals surface area contributed by atoms with Crippen molar-refractivity contribution in [1.82, 2.24) is 14.5 Å². The number of ether oxygens (including phenoxy) is 2. The Morgan fingerprint density at radius 1 is 1.14 bits per heavy atom. The van der Waals surface area contributed by atoms with Crippen molar-refractivity contribution in [2.24, 2.45) is 28.6 Å². The van der Waals surface area contributed by atoms with E-state index in [4.69, 9.17) is 9.47 Å². The Morgan fingerprint density at radius 2 is 1.88 bits per heavy atom. The second kappa shape index (κ2) is 13.9. The highest BCUT2D eigenvalue weighted by molar-refractivity contribution is 7.90. The van der Waals surface area contributed by atoms with Gasteiger partial charge in [0.15, 0.2) is 5.78 Å². The second-order valence-corrected chi connectivity index (χ2v) is 18.0. The molecular weight excluding hydrogens is 674 g/mol. The number of amides is 3. The largest absolute Gasteiger partial charge is 0.444 e. The average molecular weight is 724 g/mol. The van der Waals surface area contributed by atoms with Crippen LogP contribution in [0.25, 0.3) is 6.08 Å². The molecule has 0 spiro atoms. The molecule has 3 fully saturated rings. The topological polar surface area (TPSA) is 156 Å². The van der Waals surface area contributed by atoms with E-state index in [1.54, 1.807) is 17.9 Å². The molecule has 276 valence electrons. The molecule has 3 aliphatic heterocycles. The number of rotatable bonds is 7. The molecule has 6 atom stereocenters. The van der Waals surface area contributed by atoms with E-state index < -0.39 is 79.7 Å². The van der Waals surface area contributed by atoms with Gasteiger partial charge >= 0.3 is 6.09 Å². The molecule has 1 saturated heterocycles. The zero-order valence-electron chi connectivity index (χ0n) is 29.9. The summed E-state index contributed by atoms with van der Waals surface area (Å²) in [5, 5.41) is -0.617. The van der Waals surface area contributed by atoms with Gasteiger partial charge in [0.25, 0.3) is 0 Å². The number of hydrogen-bond donors (Lipinski definition) is 1. The molecule has 13 heteroatoms. The van der Waals surface area contributed by atoms with Crippen molar-refractivity contribution >= 4 is 45.6 Å². The van der Waals surface area contributed by atoms with Crippen LogP contribution >= 0.6 is 0 Å². The average Bonchev–Trinajstić information content (AvgIpc) is 3.96. The van der Waals surface area contributed by atoms with Gasteiger partial charge in [-0.25, -0.2) is 13.2 Å². The fraction of sp³-hybridized carbons (Fsp3) is 0.605. The number of carbonyl (C=O) groups is 5. The van der Waals surface area contributed by atoms with E-state index in [0.717, 1.165) is 16.7 Å². The number of ketones is 2. The molecule has 3 amide bonds. The summed E-state index contributed by atoms with van der Waals surface area (Å²) in [5.41, 5.74) is 0.951. The molecule has 2 aliphatic carbocycles. The molecule has 2 saturated carbocycles. The summed E-state index contributed by atoms with van der Waals surface area (Å²) in [4.78, 5) is 72.4. The number of hydrogen-bond acceptors (Lipinski definition) is 9. The lowest BCUT2D eigenvalue weighted by Gasteiger charge is -2.35. The van der Waals surface area contributed by atoms with Gasteiger partial charge in [-0.1, -0.05) is 64.1 Å². The Kier molecular flexibility index (Phi) is 10.1. The summed E-state index contributed by atoms with van der Waals surface area (Å²) in [7, 11) is -3.86. The summed E-state index contributed by atoms with van der Waals surface area (Å²) in [6, 6.07) is 4.80. The minimum absolute atomic E-state index is 0.0109. The Labute approximate surface area is 300 Å². The van der Waals surface area contributed by atoms with E-state index in [1.807, 2.05) is 51.1 Å². The number of nitrogens with one attached hydrogen (secondary N) is 1. The lowest BCUT2D eigenvalue weighted by molar-refractivity contribution is -0.147. The maximum absolute atomic E-state index is 14.5. The van der Waals surface area contributed by atoms with E-state index in [-0.39, 0.29) is 51.2 Å². The minimum atomic E-state index is -3.86. The first-order chi connectivity index (χ1) is 24.0. The SMILES string of the molecule is C=C[C@@H]1C[C@]1(CC(=O)[C@@H]1C[C@@H]2CN1C(=O)[C@H](C(C)(C)C)CC(=O)[C@H](C)COC/C=C/c1cccc3c1CN(C3)C(=O)O2)C(=O)NS(=O)(=O)C1CC1. The smallest absolute Gasteiger partial charge is 0.410 e. The molecule has 0 radical (unpaired) electrons. The van der Waals surface area contributed by atoms with Gasteiger partial charge in [-0.3, -0.25) is 28.8 Å². The highest BCUT2D eigenvalue weighted by Crippen LogP contribution is 2.57. The summed E-state index contributed by atoms with van der Waals surface area (Å²) in [5.74, 6) is -3.42. The molecule has 0 unspecified atom stereocenters. The van der Waals surface area contributed by atoms with Crippen LogP contribution in [0, 0.1) is 28.6 Å². The summed E-state index contributed by atoms with van der Waals surface area (Å²) in [6.45, 7) is 12.2. The highest BCUT2D eigenvalue weighted by Gasteiger charge is 2.61. The van der Waals surface area contributed by atoms with Crippen molar-refractivity contribution in [3.63, 3.8) is 0 Å². The van der Waals surface area contributed by atoms with Gasteiger partial charge in [-0.2, -0.15) is 0 Å². The molecule has 1 N–H and O–H groups in total. The third-order valence-electron chi connectivity index (χ3n) is 11.2. The van der Waals surface area contributed by atoms with Crippen molar-refractivity contribution in [2.45, 2.75) is 96.7 Å². The lowest BCUT2D eigenvalue weighted by atomic mass is 9.75. The van der Waals surface area contributed by atoms with E-state index in [1.165, 1.54) is 4.90 Å². The molecule has 4 bridgehead atoms. The number of carbonyl (C=O) groups excluding carboxylic acids is 5. The lowest BCUT2D eigenvalue weighted by Crippen LogP contribution is -2.49. The molecule has 0 aromatic heterocycles. The molecular formula is C38H49N3O9S. The summed E-state index contributed by atoms with van der Waals surface area (Å²) in [6.07, 6.45) is 4.82. The number of allylic oxidation sites excluding steroid dienone is 1. The molecule has 51 heavy (non-hydrogen) atoms. The van der Waals surface area contributed by atoms with E-state index in [2.05, 4.69) is 11.3 Å². The van der Waals surface area contributed by atoms with Crippen LogP contribution in [-0.4, -0.2) is 84.8 Å². The Hall–Kier alpha value is -3.84. The molecule has 3 heterocycles. The third kappa shape index (κ3) is 7.69. The second-order valence-electron chi connectivity index (χ2n) is 16.0. The number of Topliss-reactive ketones (excluding diaryl/α,β-unsaturated/α-hetero) is 2. The first kappa shape index (κ1) is 36.9. The predicted molar refractivity (Wildman–Crippen MR) is 188 cm³/mol. The van der Waals surface area contributed by atoms with Crippen molar-refractivity contribution in [3.05, 3.63) is 53.6 Å². The van der Waals surface area contributed by atoms with Gasteiger partial charge in [-0.15, -0.1) is 6.58 Å². The zero-order chi connectivity index (χ0) is 36.9. The van der Waals surface area contributed by atoms with E-state index >= 15 is 0 Å². The van der Waals surface area contributed by atoms with Gasteiger partial charge < -0.3 is 14.4 Å². The van der Waals surface area contributed by atoms with Gasteiger partial charge in [0.05, 0.1) is 43.0 Å². The van der Waals surface area contributed by atoms with Crippen molar-refractivity contribution in [1.29, 1.82) is 0 Å². The minimum Gasteiger partial charge on any atom is -0.444 e. The Morgan fingerprint density at radius 3 is 2.55 bits per heavy atom. The summed E-state index contributed by atoms with van der Waals surface area (Å²) < 4.78 is 39.4. The molecule has 1 aromatic rings. The number of fused-ring (bicyclic) bond motifs is 3. The number of nitrogens with zero attached hydrogens (tertiary/aromatic N) is 2. The van der Waals surface area contributed by atoms with Gasteiger partial charge in [0, 0.05) is 37.6 Å². The molecule has 12 nitrogen and oxygen atoms in total. The molecule has 6 rings (SSSR count). The number of sulfonamides is 1. The van der Waals surface area contributed by atoms with Crippen LogP contribution in [0.2, 0.25) is 0 Å². The maximum atomic E-state index is 14.5. The quantitative estimate of drug-likeness (QED) is 0.408. The van der Waals surface area contributed by atoms with Gasteiger partial charge in [0.2, 0.25) is 21.8 Å². The predicted octanol–water partition coefficient (Wildman–Crippen LogP) is 4.17. The van der Waals surface area contributed by atoms with Crippen molar-refractivity contribution in [3.8, 4) is 0 Å². The first-order valence-corrected chi connectivity index (χ1v) is 19.4. The normalized spacial score (nSPS) is 30.9. The van der Waals surface area contributed by atoms with E-state index in [0.29, 0.717) is 25.9 Å². The van der Waals surface area contributed by atoms with Crippen molar-refractivity contribution < 1.29 is 41.9 Å². The Balaban J connectivity index is 1.29. The van der Waals surface area contributed by atoms with Crippen LogP contribution in [0.15, 0.2) is 36.9 Å². The van der Waals surface area contributed by atoms with Crippen LogP contribution in [-0.2, 0) is 51.8 Å². The summed E-state index contributed by atoms with van der Waals surface area (Å²) >= 11 is 0. The van der Waals surface area contributed by atoms with Crippen LogP contribution in [0.4, 0.5) is 4.79 Å². The fourth-order valence-corrected chi connectivity index (χ4v) is 9.02. The van der Waals surface area contributed by atoms with Crippen LogP contribution in [0.1, 0.15) is 82.9 Å². The maximum Gasteiger partial charge on any atom is 0.410 e. The van der Waals surface area contributed by atoms with Crippen LogP contribution in [0.3, 0.4) is 0 Å². The Bertz CT molecular complexity index is 1760. The third-order valence-corrected chi connectivity index (χ3v) is 13.0. The standard InChI is InChI=1S/C38H49N3O9S/c1-6-26-17-38(26,35(45)39-51(47,48)28-12-13-28)18-33(43)31-15-27-20-41(31)34(44)30(37(3,4)5)16-32(42)23(2)22-49-14-8-11-24-9-7-10-25-19-40(21-29(24)25)36(46)50-27/h6-11,23,26-28,30-31H,1,12-22H2,2-5H3,(H,39,45)/b11-8+/t23-,26-,27-,30-,31+,38-/m1/s1. The van der Waals surface area contributed by atoms with Gasteiger partial charge in [-0.05, 0) is 47.3 Å². The molecule has 5 aliphatic rings. The molecule has 1 aromatic carbocycles. The number of benzene rings is 1. The zero-order valence-corrected chi connectivity index (χ0v) is 30.7. The first-order valence-electron chi connectivity index (χ1n) is 17.9. The van der Waals surface area contributed by atoms with Crippen LogP contribution < -0.4 is 4.72 Å². The van der Waals surface area contributed by atoms with E-state index in [9.17, 15) is 32.4 Å².